The van der Waals surface area contributed by atoms with Crippen LogP contribution in [0.15, 0.2) is 12.3 Å². The lowest BCUT2D eigenvalue weighted by atomic mass is 10.3. The number of ether oxygens (including phenoxy) is 1. The van der Waals surface area contributed by atoms with Gasteiger partial charge >= 0.3 is 0 Å². The minimum atomic E-state index is 0.539. The van der Waals surface area contributed by atoms with E-state index >= 15 is 0 Å². The minimum absolute atomic E-state index is 0.539. The topological polar surface area (TPSA) is 39.4 Å². The Labute approximate surface area is 79.1 Å². The van der Waals surface area contributed by atoms with Crippen LogP contribution in [0.2, 0.25) is 5.15 Å². The molecule has 0 bridgehead atoms. The fourth-order valence-corrected chi connectivity index (χ4v) is 1.79. The van der Waals surface area contributed by atoms with Crippen LogP contribution in [0, 0.1) is 0 Å². The highest BCUT2D eigenvalue weighted by molar-refractivity contribution is 6.30. The average Bonchev–Trinajstić information content (AvgIpc) is 2.71. The molecule has 66 valence electrons. The number of hydrogen-bond donors (Lipinski definition) is 0. The first kappa shape index (κ1) is 7.29. The molecule has 2 aromatic heterocycles. The lowest BCUT2D eigenvalue weighted by Crippen LogP contribution is -1.98. The van der Waals surface area contributed by atoms with Crippen molar-refractivity contribution < 1.29 is 4.74 Å². The molecule has 0 fully saturated rings. The Balaban J connectivity index is 2.45. The Kier molecular flexibility index (Phi) is 1.36. The van der Waals surface area contributed by atoms with Crippen molar-refractivity contribution in [3.05, 3.63) is 28.7 Å². The number of nitrogens with zero attached hydrogens (tertiary/aromatic N) is 3. The predicted molar refractivity (Wildman–Crippen MR) is 46.5 cm³/mol. The van der Waals surface area contributed by atoms with Gasteiger partial charge in [-0.2, -0.15) is 5.10 Å². The maximum Gasteiger partial charge on any atom is 0.157 e. The molecule has 2 aromatic rings. The Bertz CT molecular complexity index is 479. The maximum atomic E-state index is 6.11. The molecule has 3 rings (SSSR count). The smallest absolute Gasteiger partial charge is 0.157 e. The van der Waals surface area contributed by atoms with Gasteiger partial charge in [0.15, 0.2) is 5.65 Å². The van der Waals surface area contributed by atoms with Crippen molar-refractivity contribution in [2.75, 3.05) is 0 Å². The summed E-state index contributed by atoms with van der Waals surface area (Å²) in [4.78, 5) is 4.37. The molecule has 0 unspecified atom stereocenters. The van der Waals surface area contributed by atoms with Crippen LogP contribution in [-0.2, 0) is 18.0 Å². The van der Waals surface area contributed by atoms with Gasteiger partial charge < -0.3 is 4.74 Å². The second-order valence-corrected chi connectivity index (χ2v) is 3.28. The van der Waals surface area contributed by atoms with Crippen molar-refractivity contribution in [3.8, 4) is 0 Å². The molecule has 0 N–H and O–H groups in total. The summed E-state index contributed by atoms with van der Waals surface area (Å²) in [6, 6.07) is 1.82. The van der Waals surface area contributed by atoms with Crippen LogP contribution in [-0.4, -0.2) is 14.6 Å². The molecule has 0 spiro atoms. The van der Waals surface area contributed by atoms with E-state index in [1.807, 2.05) is 6.07 Å². The van der Waals surface area contributed by atoms with Crippen LogP contribution < -0.4 is 0 Å². The molecule has 0 aromatic carbocycles. The number of halogens is 1. The fourth-order valence-electron chi connectivity index (χ4n) is 1.50. The first-order valence-electron chi connectivity index (χ1n) is 3.95. The predicted octanol–water partition coefficient (Wildman–Crippen LogP) is 1.41. The van der Waals surface area contributed by atoms with Crippen molar-refractivity contribution in [1.29, 1.82) is 0 Å². The van der Waals surface area contributed by atoms with Gasteiger partial charge in [0.25, 0.3) is 0 Å². The maximum absolute atomic E-state index is 6.11. The number of aromatic nitrogens is 3. The number of rotatable bonds is 0. The van der Waals surface area contributed by atoms with Gasteiger partial charge in [0.2, 0.25) is 0 Å². The Morgan fingerprint density at radius 2 is 2.38 bits per heavy atom. The van der Waals surface area contributed by atoms with Gasteiger partial charge in [-0.05, 0) is 0 Å². The van der Waals surface area contributed by atoms with E-state index in [9.17, 15) is 0 Å². The summed E-state index contributed by atoms with van der Waals surface area (Å²) in [6.45, 7) is 1.09. The molecule has 1 aliphatic rings. The van der Waals surface area contributed by atoms with Gasteiger partial charge in [-0.25, -0.2) is 9.50 Å². The van der Waals surface area contributed by atoms with Crippen LogP contribution in [0.25, 0.3) is 5.65 Å². The molecule has 4 nitrogen and oxygen atoms in total. The summed E-state index contributed by atoms with van der Waals surface area (Å²) in [7, 11) is 0. The SMILES string of the molecule is Clc1c2c(nc3ccnn13)COC2. The van der Waals surface area contributed by atoms with Gasteiger partial charge in [0.1, 0.15) is 5.15 Å². The largest absolute Gasteiger partial charge is 0.370 e. The summed E-state index contributed by atoms with van der Waals surface area (Å²) < 4.78 is 6.87. The third kappa shape index (κ3) is 0.897. The normalized spacial score (nSPS) is 15.2. The van der Waals surface area contributed by atoms with Crippen LogP contribution in [0.3, 0.4) is 0 Å². The van der Waals surface area contributed by atoms with Crippen LogP contribution >= 0.6 is 11.6 Å². The second-order valence-electron chi connectivity index (χ2n) is 2.92. The highest BCUT2D eigenvalue weighted by Crippen LogP contribution is 2.26. The zero-order chi connectivity index (χ0) is 8.84. The van der Waals surface area contributed by atoms with E-state index in [4.69, 9.17) is 16.3 Å². The molecular formula is C8H6ClN3O. The molecular weight excluding hydrogens is 190 g/mol. The molecule has 1 aliphatic heterocycles. The molecule has 0 atom stereocenters. The Morgan fingerprint density at radius 3 is 3.31 bits per heavy atom. The molecule has 5 heteroatoms. The minimum Gasteiger partial charge on any atom is -0.370 e. The van der Waals surface area contributed by atoms with Gasteiger partial charge in [-0.3, -0.25) is 0 Å². The number of hydrogen-bond acceptors (Lipinski definition) is 3. The van der Waals surface area contributed by atoms with Crippen LogP contribution in [0.1, 0.15) is 11.3 Å². The van der Waals surface area contributed by atoms with Crippen molar-refractivity contribution in [3.63, 3.8) is 0 Å². The highest BCUT2D eigenvalue weighted by atomic mass is 35.5. The number of fused-ring (bicyclic) bond motifs is 2. The monoisotopic (exact) mass is 195 g/mol. The lowest BCUT2D eigenvalue weighted by Gasteiger charge is -2.01. The fraction of sp³-hybridized carbons (Fsp3) is 0.250. The van der Waals surface area contributed by atoms with E-state index in [0.717, 1.165) is 16.9 Å². The van der Waals surface area contributed by atoms with Crippen LogP contribution in [0.5, 0.6) is 0 Å². The average molecular weight is 196 g/mol. The van der Waals surface area contributed by atoms with E-state index in [-0.39, 0.29) is 0 Å². The standard InChI is InChI=1S/C8H6ClN3O/c9-8-5-3-13-4-6(5)11-7-1-2-10-12(7)8/h1-2H,3-4H2. The quantitative estimate of drug-likeness (QED) is 0.597. The Hall–Kier alpha value is -1.13. The van der Waals surface area contributed by atoms with E-state index in [1.54, 1.807) is 10.7 Å². The molecule has 13 heavy (non-hydrogen) atoms. The van der Waals surface area contributed by atoms with Gasteiger partial charge in [0, 0.05) is 11.6 Å². The molecule has 3 heterocycles. The van der Waals surface area contributed by atoms with E-state index in [1.165, 1.54) is 0 Å². The van der Waals surface area contributed by atoms with E-state index in [0.29, 0.717) is 18.4 Å². The summed E-state index contributed by atoms with van der Waals surface area (Å²) in [6.07, 6.45) is 1.68. The summed E-state index contributed by atoms with van der Waals surface area (Å²) in [5.41, 5.74) is 2.66. The zero-order valence-corrected chi connectivity index (χ0v) is 7.45. The van der Waals surface area contributed by atoms with Crippen molar-refractivity contribution in [2.45, 2.75) is 13.2 Å². The summed E-state index contributed by atoms with van der Waals surface area (Å²) in [5, 5.41) is 4.68. The van der Waals surface area contributed by atoms with Crippen molar-refractivity contribution in [2.24, 2.45) is 0 Å². The van der Waals surface area contributed by atoms with Gasteiger partial charge in [-0.15, -0.1) is 0 Å². The first-order chi connectivity index (χ1) is 6.36. The summed E-state index contributed by atoms with van der Waals surface area (Å²) >= 11 is 6.11. The second kappa shape index (κ2) is 2.43. The van der Waals surface area contributed by atoms with Gasteiger partial charge in [-0.1, -0.05) is 11.6 Å². The first-order valence-corrected chi connectivity index (χ1v) is 4.33. The van der Waals surface area contributed by atoms with Crippen LogP contribution in [0.4, 0.5) is 0 Å². The van der Waals surface area contributed by atoms with E-state index in [2.05, 4.69) is 10.1 Å². The molecule has 0 saturated heterocycles. The highest BCUT2D eigenvalue weighted by Gasteiger charge is 2.19. The Morgan fingerprint density at radius 1 is 1.46 bits per heavy atom. The summed E-state index contributed by atoms with van der Waals surface area (Å²) in [5.74, 6) is 0. The molecule has 0 aliphatic carbocycles. The van der Waals surface area contributed by atoms with Gasteiger partial charge in [0.05, 0.1) is 25.1 Å². The van der Waals surface area contributed by atoms with E-state index < -0.39 is 0 Å². The molecule has 0 radical (unpaired) electrons. The molecule has 0 amide bonds. The zero-order valence-electron chi connectivity index (χ0n) is 6.70. The van der Waals surface area contributed by atoms with Crippen molar-refractivity contribution >= 4 is 17.2 Å². The third-order valence-electron chi connectivity index (χ3n) is 2.14. The van der Waals surface area contributed by atoms with Crippen molar-refractivity contribution in [1.82, 2.24) is 14.6 Å². The third-order valence-corrected chi connectivity index (χ3v) is 2.53. The lowest BCUT2D eigenvalue weighted by molar-refractivity contribution is 0.133. The molecule has 0 saturated carbocycles.